The van der Waals surface area contributed by atoms with E-state index in [2.05, 4.69) is 20.0 Å². The average Bonchev–Trinajstić information content (AvgIpc) is 3.06. The predicted molar refractivity (Wildman–Crippen MR) is 190 cm³/mol. The summed E-state index contributed by atoms with van der Waals surface area (Å²) in [6, 6.07) is 20.3. The van der Waals surface area contributed by atoms with Gasteiger partial charge in [0.15, 0.2) is 6.61 Å². The number of nitrogen functional groups attached to an aromatic ring is 1. The number of carbonyl (C=O) groups is 2. The molecule has 3 aromatic rings. The molecule has 0 heterocycles. The van der Waals surface area contributed by atoms with Crippen LogP contribution in [0.2, 0.25) is 5.02 Å². The molecule has 0 saturated heterocycles. The zero-order valence-electron chi connectivity index (χ0n) is 27.8. The Kier molecular flexibility index (Phi) is 14.5. The Morgan fingerprint density at radius 1 is 1.02 bits per heavy atom. The van der Waals surface area contributed by atoms with E-state index in [9.17, 15) is 22.8 Å². The second-order valence-corrected chi connectivity index (χ2v) is 12.4. The number of amides is 2. The number of hydrogen-bond acceptors (Lipinski definition) is 6. The smallest absolute Gasteiger partial charge is 0.422 e. The molecule has 0 bridgehead atoms. The van der Waals surface area contributed by atoms with Crippen LogP contribution in [0.25, 0.3) is 6.08 Å². The molecular weight excluding hydrogens is 675 g/mol. The largest absolute Gasteiger partial charge is 0.492 e. The SMILES string of the molecule is CC(C)(CNC(=O)c1ccc(N)cc1)CN(CCCOc1ccc(CN=C(N)N=C(N)OCC(F)(F)F)cc1Cl)C(=O)C=Cc1ccccc1. The first-order valence-electron chi connectivity index (χ1n) is 15.5. The van der Waals surface area contributed by atoms with E-state index < -0.39 is 24.2 Å². The minimum atomic E-state index is -4.57. The van der Waals surface area contributed by atoms with Gasteiger partial charge in [-0.25, -0.2) is 4.99 Å². The molecule has 0 aliphatic carbocycles. The molecule has 50 heavy (non-hydrogen) atoms. The van der Waals surface area contributed by atoms with E-state index in [1.165, 1.54) is 6.08 Å². The highest BCUT2D eigenvalue weighted by Crippen LogP contribution is 2.26. The van der Waals surface area contributed by atoms with Crippen LogP contribution in [0.4, 0.5) is 18.9 Å². The van der Waals surface area contributed by atoms with Gasteiger partial charge in [0.1, 0.15) is 5.75 Å². The molecule has 0 atom stereocenters. The van der Waals surface area contributed by atoms with Crippen molar-refractivity contribution in [3.63, 3.8) is 0 Å². The van der Waals surface area contributed by atoms with Gasteiger partial charge in [0.2, 0.25) is 11.9 Å². The van der Waals surface area contributed by atoms with E-state index in [0.29, 0.717) is 53.6 Å². The maximum atomic E-state index is 13.4. The van der Waals surface area contributed by atoms with Crippen molar-refractivity contribution in [3.8, 4) is 5.75 Å². The molecule has 0 aliphatic rings. The van der Waals surface area contributed by atoms with E-state index in [0.717, 1.165) is 5.56 Å². The lowest BCUT2D eigenvalue weighted by Gasteiger charge is -2.32. The maximum Gasteiger partial charge on any atom is 0.422 e. The van der Waals surface area contributed by atoms with Crippen molar-refractivity contribution in [1.82, 2.24) is 10.2 Å². The van der Waals surface area contributed by atoms with Crippen LogP contribution in [-0.2, 0) is 16.1 Å². The van der Waals surface area contributed by atoms with Gasteiger partial charge >= 0.3 is 6.18 Å². The van der Waals surface area contributed by atoms with Gasteiger partial charge in [0.05, 0.1) is 18.2 Å². The second-order valence-electron chi connectivity index (χ2n) is 12.0. The number of halogens is 4. The summed E-state index contributed by atoms with van der Waals surface area (Å²) in [5, 5.41) is 3.24. The first kappa shape index (κ1) is 39.2. The number of aliphatic imine (C=N–C) groups is 2. The van der Waals surface area contributed by atoms with Crippen LogP contribution in [0.1, 0.15) is 41.8 Å². The zero-order valence-corrected chi connectivity index (χ0v) is 28.5. The van der Waals surface area contributed by atoms with Crippen molar-refractivity contribution < 1.29 is 32.2 Å². The third kappa shape index (κ3) is 14.5. The highest BCUT2D eigenvalue weighted by atomic mass is 35.5. The van der Waals surface area contributed by atoms with Crippen molar-refractivity contribution in [2.24, 2.45) is 26.9 Å². The minimum absolute atomic E-state index is 0.0195. The molecule has 11 nitrogen and oxygen atoms in total. The standard InChI is InChI=1S/C35H41ClF3N7O4/c1-34(2,21-44-31(48)26-11-13-27(40)14-12-26)22-46(30(47)16-10-24-7-4-3-5-8-24)17-6-18-49-29-15-9-25(19-28(29)36)20-43-32(41)45-33(42)50-23-35(37,38)39/h3-5,7-16,19H,6,17-18,20-23,40H2,1-2H3,(H,44,48)(H4,41,42,43,45). The van der Waals surface area contributed by atoms with E-state index in [-0.39, 0.29) is 30.9 Å². The molecular formula is C35H41ClF3N7O4. The highest BCUT2D eigenvalue weighted by molar-refractivity contribution is 6.32. The zero-order chi connectivity index (χ0) is 36.7. The molecule has 0 spiro atoms. The molecule has 0 aliphatic heterocycles. The fourth-order valence-corrected chi connectivity index (χ4v) is 4.70. The van der Waals surface area contributed by atoms with E-state index in [4.69, 9.17) is 33.5 Å². The fourth-order valence-electron chi connectivity index (χ4n) is 4.44. The van der Waals surface area contributed by atoms with Gasteiger partial charge in [-0.15, -0.1) is 0 Å². The third-order valence-corrected chi connectivity index (χ3v) is 7.20. The molecule has 15 heteroatoms. The van der Waals surface area contributed by atoms with E-state index in [1.54, 1.807) is 53.4 Å². The van der Waals surface area contributed by atoms with Gasteiger partial charge in [-0.3, -0.25) is 9.59 Å². The molecule has 0 aromatic heterocycles. The lowest BCUT2D eigenvalue weighted by atomic mass is 9.92. The highest BCUT2D eigenvalue weighted by Gasteiger charge is 2.29. The number of guanidine groups is 1. The number of hydrogen-bond donors (Lipinski definition) is 4. The van der Waals surface area contributed by atoms with Gasteiger partial charge in [-0.05, 0) is 65.4 Å². The lowest BCUT2D eigenvalue weighted by Crippen LogP contribution is -2.44. The molecule has 268 valence electrons. The van der Waals surface area contributed by atoms with Gasteiger partial charge < -0.3 is 36.9 Å². The monoisotopic (exact) mass is 715 g/mol. The molecule has 0 radical (unpaired) electrons. The van der Waals surface area contributed by atoms with Gasteiger partial charge in [0.25, 0.3) is 11.9 Å². The Bertz CT molecular complexity index is 1660. The van der Waals surface area contributed by atoms with Crippen molar-refractivity contribution in [1.29, 1.82) is 0 Å². The number of rotatable bonds is 15. The Hall–Kier alpha value is -5.24. The van der Waals surface area contributed by atoms with Crippen LogP contribution < -0.4 is 27.3 Å². The molecule has 0 fully saturated rings. The van der Waals surface area contributed by atoms with Crippen LogP contribution in [0.15, 0.2) is 88.9 Å². The number of anilines is 1. The van der Waals surface area contributed by atoms with Crippen molar-refractivity contribution >= 4 is 47.2 Å². The maximum absolute atomic E-state index is 13.4. The van der Waals surface area contributed by atoms with Crippen molar-refractivity contribution in [2.75, 3.05) is 38.6 Å². The number of amidine groups is 1. The summed E-state index contributed by atoms with van der Waals surface area (Å²) >= 11 is 6.41. The minimum Gasteiger partial charge on any atom is -0.492 e. The quantitative estimate of drug-likeness (QED) is 0.0537. The second kappa shape index (κ2) is 18.5. The van der Waals surface area contributed by atoms with Crippen molar-refractivity contribution in [2.45, 2.75) is 33.0 Å². The van der Waals surface area contributed by atoms with E-state index >= 15 is 0 Å². The Morgan fingerprint density at radius 3 is 2.38 bits per heavy atom. The summed E-state index contributed by atoms with van der Waals surface area (Å²) in [6.45, 7) is 3.65. The third-order valence-electron chi connectivity index (χ3n) is 6.91. The summed E-state index contributed by atoms with van der Waals surface area (Å²) in [4.78, 5) is 35.2. The van der Waals surface area contributed by atoms with Crippen molar-refractivity contribution in [3.05, 3.63) is 101 Å². The first-order valence-corrected chi connectivity index (χ1v) is 15.9. The van der Waals surface area contributed by atoms with E-state index in [1.807, 2.05) is 44.2 Å². The Morgan fingerprint density at radius 2 is 1.72 bits per heavy atom. The number of nitrogens with zero attached hydrogens (tertiary/aromatic N) is 3. The molecule has 0 unspecified atom stereocenters. The van der Waals surface area contributed by atoms with Crippen LogP contribution in [0.5, 0.6) is 5.75 Å². The first-order chi connectivity index (χ1) is 23.6. The number of nitrogens with two attached hydrogens (primary N) is 3. The van der Waals surface area contributed by atoms with Gasteiger partial charge in [0, 0.05) is 37.0 Å². The molecule has 3 aromatic carbocycles. The molecule has 3 rings (SSSR count). The summed E-state index contributed by atoms with van der Waals surface area (Å²) < 4.78 is 46.9. The van der Waals surface area contributed by atoms with Gasteiger partial charge in [-0.1, -0.05) is 61.8 Å². The summed E-state index contributed by atoms with van der Waals surface area (Å²) in [5.41, 5.74) is 18.7. The summed E-state index contributed by atoms with van der Waals surface area (Å²) in [7, 11) is 0. The molecule has 2 amide bonds. The number of nitrogens with one attached hydrogen (secondary N) is 1. The van der Waals surface area contributed by atoms with Crippen LogP contribution in [0, 0.1) is 5.41 Å². The number of carbonyl (C=O) groups excluding carboxylic acids is 2. The predicted octanol–water partition coefficient (Wildman–Crippen LogP) is 5.40. The number of alkyl halides is 3. The van der Waals surface area contributed by atoms with Crippen LogP contribution in [-0.4, -0.2) is 67.7 Å². The topological polar surface area (TPSA) is 171 Å². The average molecular weight is 716 g/mol. The normalized spacial score (nSPS) is 12.5. The van der Waals surface area contributed by atoms with Crippen LogP contribution >= 0.6 is 11.6 Å². The number of benzene rings is 3. The number of ether oxygens (including phenoxy) is 2. The summed E-state index contributed by atoms with van der Waals surface area (Å²) in [5.74, 6) is -0.389. The molecule has 7 N–H and O–H groups in total. The Labute approximate surface area is 294 Å². The molecule has 0 saturated carbocycles. The Balaban J connectivity index is 1.58. The fraction of sp³-hybridized carbons (Fsp3) is 0.314. The summed E-state index contributed by atoms with van der Waals surface area (Å²) in [6.07, 6.45) is -0.809. The van der Waals surface area contributed by atoms with Gasteiger partial charge in [-0.2, -0.15) is 18.2 Å². The van der Waals surface area contributed by atoms with Crippen LogP contribution in [0.3, 0.4) is 0 Å². The lowest BCUT2D eigenvalue weighted by molar-refractivity contribution is -0.156.